The van der Waals surface area contributed by atoms with Gasteiger partial charge in [0.2, 0.25) is 0 Å². The number of imidazole rings is 1. The average molecular weight is 540 g/mol. The molecule has 3 heterocycles. The van der Waals surface area contributed by atoms with E-state index in [9.17, 15) is 0 Å². The Balaban J connectivity index is 0.00000121. The van der Waals surface area contributed by atoms with Gasteiger partial charge in [-0.3, -0.25) is 9.39 Å². The van der Waals surface area contributed by atoms with Gasteiger partial charge in [-0.25, -0.2) is 15.0 Å². The zero-order valence-corrected chi connectivity index (χ0v) is 22.3. The number of hydrogen-bond acceptors (Lipinski definition) is 9. The van der Waals surface area contributed by atoms with Crippen molar-refractivity contribution < 1.29 is 9.84 Å². The quantitative estimate of drug-likeness (QED) is 0.196. The summed E-state index contributed by atoms with van der Waals surface area (Å²) in [7, 11) is 7.86. The number of benzene rings is 1. The molecule has 0 saturated heterocycles. The van der Waals surface area contributed by atoms with Crippen LogP contribution < -0.4 is 15.8 Å². The van der Waals surface area contributed by atoms with Crippen molar-refractivity contribution in [1.29, 1.82) is 0 Å². The van der Waals surface area contributed by atoms with Crippen LogP contribution in [-0.4, -0.2) is 57.2 Å². The van der Waals surface area contributed by atoms with E-state index in [1.165, 1.54) is 17.3 Å². The number of aromatic nitrogens is 4. The molecule has 194 valence electrons. The van der Waals surface area contributed by atoms with Crippen molar-refractivity contribution in [3.63, 3.8) is 0 Å². The molecule has 0 radical (unpaired) electrons. The molecule has 0 fully saturated rings. The van der Waals surface area contributed by atoms with Gasteiger partial charge in [-0.1, -0.05) is 35.2 Å². The Labute approximate surface area is 225 Å². The van der Waals surface area contributed by atoms with Gasteiger partial charge >= 0.3 is 0 Å². The summed E-state index contributed by atoms with van der Waals surface area (Å²) in [5.41, 5.74) is 11.0. The molecule has 4 rings (SSSR count). The van der Waals surface area contributed by atoms with Crippen LogP contribution in [0.15, 0.2) is 72.4 Å². The Morgan fingerprint density at radius 1 is 1.22 bits per heavy atom. The standard InChI is InChI=1S/C25H27N7O2.CH3ClS/c1-27-15-20(13-26)19-5-3-18(4-6-19)14-28-24-12-22(30-17-31-24)23-16-29-25-11-21(7-8-32(23)25)34-10-2-9-33;1-3-2/h3-8,11-13,15-17,33H,2,9-10,14,26H2,1H3,(H,28,30,31);1H3/b20-13+,27-15?;. The lowest BCUT2D eigenvalue weighted by Gasteiger charge is -2.09. The van der Waals surface area contributed by atoms with Crippen molar-refractivity contribution in [2.45, 2.75) is 13.0 Å². The minimum absolute atomic E-state index is 0.103. The van der Waals surface area contributed by atoms with E-state index in [1.54, 1.807) is 25.7 Å². The zero-order valence-electron chi connectivity index (χ0n) is 20.7. The fourth-order valence-electron chi connectivity index (χ4n) is 3.45. The van der Waals surface area contributed by atoms with E-state index in [0.29, 0.717) is 31.1 Å². The maximum absolute atomic E-state index is 8.90. The first-order chi connectivity index (χ1) is 18.1. The Hall–Kier alpha value is -3.60. The number of nitrogens with one attached hydrogen (secondary N) is 1. The molecular formula is C26H30ClN7O2S. The number of nitrogens with two attached hydrogens (primary N) is 1. The Kier molecular flexibility index (Phi) is 11.2. The Bertz CT molecular complexity index is 1330. The number of aliphatic hydroxyl groups excluding tert-OH is 1. The van der Waals surface area contributed by atoms with Crippen LogP contribution in [0, 0.1) is 0 Å². The summed E-state index contributed by atoms with van der Waals surface area (Å²) in [5.74, 6) is 1.43. The monoisotopic (exact) mass is 539 g/mol. The summed E-state index contributed by atoms with van der Waals surface area (Å²) in [6.07, 6.45) is 10.9. The largest absolute Gasteiger partial charge is 0.493 e. The number of halogens is 1. The fourth-order valence-corrected chi connectivity index (χ4v) is 3.45. The maximum atomic E-state index is 8.90. The summed E-state index contributed by atoms with van der Waals surface area (Å²) in [6, 6.07) is 13.8. The first-order valence-corrected chi connectivity index (χ1v) is 13.5. The third kappa shape index (κ3) is 7.94. The zero-order chi connectivity index (χ0) is 26.5. The lowest BCUT2D eigenvalue weighted by atomic mass is 10.1. The molecule has 0 aliphatic rings. The number of aliphatic hydroxyl groups is 1. The number of aliphatic imine (C=N–C) groups is 1. The van der Waals surface area contributed by atoms with Gasteiger partial charge < -0.3 is 20.9 Å². The predicted molar refractivity (Wildman–Crippen MR) is 153 cm³/mol. The number of nitrogens with zero attached hydrogens (tertiary/aromatic N) is 5. The molecular weight excluding hydrogens is 510 g/mol. The SMILES string of the molecule is CN=C/C(=C\N)c1ccc(CNc2cc(-c3cnc4cc(OCCCO)ccn34)ncn2)cc1.CSCl. The van der Waals surface area contributed by atoms with Crippen LogP contribution in [0.2, 0.25) is 0 Å². The van der Waals surface area contributed by atoms with Crippen LogP contribution in [0.1, 0.15) is 17.5 Å². The van der Waals surface area contributed by atoms with Crippen molar-refractivity contribution in [1.82, 2.24) is 19.4 Å². The van der Waals surface area contributed by atoms with Gasteiger partial charge in [0.05, 0.1) is 24.2 Å². The van der Waals surface area contributed by atoms with Crippen LogP contribution in [0.4, 0.5) is 5.82 Å². The third-order valence-corrected chi connectivity index (χ3v) is 5.19. The molecule has 1 aromatic carbocycles. The molecule has 0 atom stereocenters. The highest BCUT2D eigenvalue weighted by Crippen LogP contribution is 2.23. The van der Waals surface area contributed by atoms with Crippen molar-refractivity contribution in [2.75, 3.05) is 31.8 Å². The molecule has 0 saturated carbocycles. The van der Waals surface area contributed by atoms with Crippen LogP contribution in [0.5, 0.6) is 5.75 Å². The molecule has 3 aromatic heterocycles. The molecule has 4 aromatic rings. The van der Waals surface area contributed by atoms with E-state index in [-0.39, 0.29) is 6.61 Å². The Morgan fingerprint density at radius 3 is 2.70 bits per heavy atom. The smallest absolute Gasteiger partial charge is 0.140 e. The normalized spacial score (nSPS) is 11.4. The average Bonchev–Trinajstić information content (AvgIpc) is 3.35. The highest BCUT2D eigenvalue weighted by atomic mass is 35.7. The molecule has 0 amide bonds. The second kappa shape index (κ2) is 14.8. The van der Waals surface area contributed by atoms with E-state index in [4.69, 9.17) is 26.3 Å². The van der Waals surface area contributed by atoms with Crippen molar-refractivity contribution >= 4 is 44.9 Å². The van der Waals surface area contributed by atoms with E-state index >= 15 is 0 Å². The summed E-state index contributed by atoms with van der Waals surface area (Å²) >= 11 is 0. The summed E-state index contributed by atoms with van der Waals surface area (Å²) in [6.45, 7) is 1.18. The van der Waals surface area contributed by atoms with E-state index in [0.717, 1.165) is 33.7 Å². The lowest BCUT2D eigenvalue weighted by Crippen LogP contribution is -2.03. The van der Waals surface area contributed by atoms with Gasteiger partial charge in [0.1, 0.15) is 23.5 Å². The van der Waals surface area contributed by atoms with Gasteiger partial charge in [0.15, 0.2) is 0 Å². The van der Waals surface area contributed by atoms with Gasteiger partial charge in [-0.2, -0.15) is 0 Å². The molecule has 4 N–H and O–H groups in total. The molecule has 0 spiro atoms. The Morgan fingerprint density at radius 2 is 2.00 bits per heavy atom. The van der Waals surface area contributed by atoms with Crippen LogP contribution in [0.3, 0.4) is 0 Å². The van der Waals surface area contributed by atoms with Crippen molar-refractivity contribution in [2.24, 2.45) is 10.7 Å². The number of hydrogen-bond donors (Lipinski definition) is 3. The number of rotatable bonds is 10. The van der Waals surface area contributed by atoms with E-state index in [2.05, 4.69) is 25.3 Å². The fraction of sp³-hybridized carbons (Fsp3) is 0.231. The molecule has 11 heteroatoms. The highest BCUT2D eigenvalue weighted by Gasteiger charge is 2.10. The van der Waals surface area contributed by atoms with E-state index in [1.807, 2.05) is 59.3 Å². The van der Waals surface area contributed by atoms with Crippen LogP contribution in [-0.2, 0) is 6.54 Å². The third-order valence-electron chi connectivity index (χ3n) is 5.19. The van der Waals surface area contributed by atoms with Crippen molar-refractivity contribution in [3.05, 3.63) is 78.5 Å². The number of pyridine rings is 1. The van der Waals surface area contributed by atoms with Gasteiger partial charge in [0.25, 0.3) is 0 Å². The molecule has 9 nitrogen and oxygen atoms in total. The van der Waals surface area contributed by atoms with Gasteiger partial charge in [0, 0.05) is 62.9 Å². The van der Waals surface area contributed by atoms with E-state index < -0.39 is 0 Å². The second-order valence-electron chi connectivity index (χ2n) is 7.66. The molecule has 37 heavy (non-hydrogen) atoms. The number of allylic oxidation sites excluding steroid dienone is 1. The summed E-state index contributed by atoms with van der Waals surface area (Å²) in [5, 5.41) is 12.3. The first-order valence-electron chi connectivity index (χ1n) is 11.5. The predicted octanol–water partition coefficient (Wildman–Crippen LogP) is 4.67. The van der Waals surface area contributed by atoms with Gasteiger partial charge in [-0.05, 0) is 34.1 Å². The number of fused-ring (bicyclic) bond motifs is 1. The minimum Gasteiger partial charge on any atom is -0.493 e. The lowest BCUT2D eigenvalue weighted by molar-refractivity contribution is 0.233. The highest BCUT2D eigenvalue weighted by molar-refractivity contribution is 8.20. The van der Waals surface area contributed by atoms with Crippen molar-refractivity contribution in [3.8, 4) is 17.1 Å². The molecule has 0 bridgehead atoms. The molecule has 0 aliphatic heterocycles. The topological polar surface area (TPSA) is 123 Å². The minimum atomic E-state index is 0.103. The molecule has 0 unspecified atom stereocenters. The number of ether oxygens (including phenoxy) is 1. The van der Waals surface area contributed by atoms with Crippen LogP contribution >= 0.6 is 21.7 Å². The number of anilines is 1. The maximum Gasteiger partial charge on any atom is 0.140 e. The first kappa shape index (κ1) is 28.0. The summed E-state index contributed by atoms with van der Waals surface area (Å²) < 4.78 is 7.59. The molecule has 0 aliphatic carbocycles. The summed E-state index contributed by atoms with van der Waals surface area (Å²) in [4.78, 5) is 17.3. The van der Waals surface area contributed by atoms with Gasteiger partial charge in [-0.15, -0.1) is 0 Å². The second-order valence-corrected chi connectivity index (χ2v) is 8.90. The van der Waals surface area contributed by atoms with Crippen LogP contribution in [0.25, 0.3) is 22.6 Å².